The van der Waals surface area contributed by atoms with E-state index in [0.29, 0.717) is 46.2 Å². The number of anilines is 1. The third-order valence-corrected chi connectivity index (χ3v) is 8.65. The summed E-state index contributed by atoms with van der Waals surface area (Å²) in [5, 5.41) is 17.7. The van der Waals surface area contributed by atoms with Crippen molar-refractivity contribution in [3.8, 4) is 17.0 Å². The summed E-state index contributed by atoms with van der Waals surface area (Å²) in [5.74, 6) is -0.710. The van der Waals surface area contributed by atoms with Crippen molar-refractivity contribution in [1.29, 1.82) is 0 Å². The summed E-state index contributed by atoms with van der Waals surface area (Å²) in [7, 11) is 3.05. The van der Waals surface area contributed by atoms with Crippen molar-refractivity contribution >= 4 is 35.1 Å². The number of piperidine rings is 1. The van der Waals surface area contributed by atoms with Crippen LogP contribution in [0.5, 0.6) is 5.75 Å². The highest BCUT2D eigenvalue weighted by atomic mass is 35.5. The van der Waals surface area contributed by atoms with Gasteiger partial charge in [-0.1, -0.05) is 71.8 Å². The monoisotopic (exact) mass is 664 g/mol. The summed E-state index contributed by atoms with van der Waals surface area (Å²) >= 11 is 6.43. The Morgan fingerprint density at radius 3 is 2.19 bits per heavy atom. The van der Waals surface area contributed by atoms with Gasteiger partial charge >= 0.3 is 5.97 Å². The van der Waals surface area contributed by atoms with Gasteiger partial charge in [-0.05, 0) is 73.7 Å². The van der Waals surface area contributed by atoms with Crippen molar-refractivity contribution in [1.82, 2.24) is 14.7 Å². The first-order valence-electron chi connectivity index (χ1n) is 15.6. The average Bonchev–Trinajstić information content (AvgIpc) is 3.50. The Kier molecular flexibility index (Phi) is 10.9. The molecule has 9 nitrogen and oxygen atoms in total. The lowest BCUT2D eigenvalue weighted by Gasteiger charge is -2.32. The summed E-state index contributed by atoms with van der Waals surface area (Å²) < 4.78 is 6.29. The molecule has 1 fully saturated rings. The number of amides is 2. The molecule has 48 heavy (non-hydrogen) atoms. The highest BCUT2D eigenvalue weighted by molar-refractivity contribution is 6.34. The molecule has 246 valence electrons. The zero-order valence-electron chi connectivity index (χ0n) is 27.0. The van der Waals surface area contributed by atoms with E-state index < -0.39 is 5.91 Å². The number of phenolic OH excluding ortho intramolecular Hbond substituents is 1. The van der Waals surface area contributed by atoms with Crippen molar-refractivity contribution in [2.24, 2.45) is 7.05 Å². The number of benzene rings is 4. The lowest BCUT2D eigenvalue weighted by Crippen LogP contribution is -2.38. The molecule has 0 unspecified atom stereocenters. The Hall–Kier alpha value is -5.41. The number of methoxy groups -OCH3 is 1. The van der Waals surface area contributed by atoms with E-state index in [1.807, 2.05) is 30.3 Å². The number of aromatic nitrogens is 2. The highest BCUT2D eigenvalue weighted by Crippen LogP contribution is 2.33. The molecule has 4 aromatic carbocycles. The van der Waals surface area contributed by atoms with E-state index in [1.54, 1.807) is 66.5 Å². The van der Waals surface area contributed by atoms with Crippen molar-refractivity contribution < 1.29 is 24.2 Å². The van der Waals surface area contributed by atoms with Crippen LogP contribution in [-0.2, 0) is 11.8 Å². The number of para-hydroxylation sites is 1. The lowest BCUT2D eigenvalue weighted by molar-refractivity contribution is 0.0599. The van der Waals surface area contributed by atoms with E-state index in [4.69, 9.17) is 16.3 Å². The van der Waals surface area contributed by atoms with Gasteiger partial charge < -0.3 is 20.1 Å². The van der Waals surface area contributed by atoms with Gasteiger partial charge in [0, 0.05) is 31.4 Å². The summed E-state index contributed by atoms with van der Waals surface area (Å²) in [6.45, 7) is 3.18. The number of aryl methyl sites for hydroxylation is 2. The van der Waals surface area contributed by atoms with Crippen molar-refractivity contribution in [2.45, 2.75) is 25.7 Å². The Morgan fingerprint density at radius 2 is 1.56 bits per heavy atom. The standard InChI is InChI=1S/C31H29ClN4O5.C7H8/c1-35-28(23-5-3-4-6-27(23)37)25(18-33-35)29(38)34-22-11-12-26(32)24(17-22)30(39)36-15-13-20(14-16-36)19-7-9-21(10-8-19)31(40)41-2;1-7-5-3-2-4-6-7/h3-12,17-18,20,37H,13-16H2,1-2H3,(H,34,38);2-6H,1H3. The molecule has 1 aliphatic rings. The second kappa shape index (κ2) is 15.5. The fourth-order valence-electron chi connectivity index (χ4n) is 5.69. The molecule has 6 rings (SSSR count). The number of carbonyl (C=O) groups excluding carboxylic acids is 3. The van der Waals surface area contributed by atoms with Crippen LogP contribution in [0.1, 0.15) is 61.0 Å². The average molecular weight is 665 g/mol. The molecule has 2 amide bonds. The summed E-state index contributed by atoms with van der Waals surface area (Å²) in [4.78, 5) is 40.2. The number of esters is 1. The smallest absolute Gasteiger partial charge is 0.337 e. The predicted octanol–water partition coefficient (Wildman–Crippen LogP) is 7.50. The van der Waals surface area contributed by atoms with E-state index in [1.165, 1.54) is 23.6 Å². The quantitative estimate of drug-likeness (QED) is 0.182. The van der Waals surface area contributed by atoms with Gasteiger partial charge in [0.1, 0.15) is 5.75 Å². The van der Waals surface area contributed by atoms with Gasteiger partial charge in [0.2, 0.25) is 0 Å². The highest BCUT2D eigenvalue weighted by Gasteiger charge is 2.27. The zero-order valence-corrected chi connectivity index (χ0v) is 27.8. The predicted molar refractivity (Wildman–Crippen MR) is 187 cm³/mol. The number of hydrogen-bond acceptors (Lipinski definition) is 6. The molecule has 0 radical (unpaired) electrons. The number of hydrogen-bond donors (Lipinski definition) is 2. The molecular weight excluding hydrogens is 628 g/mol. The SMILES string of the molecule is COC(=O)c1ccc(C2CCN(C(=O)c3cc(NC(=O)c4cnn(C)c4-c4ccccc4O)ccc3Cl)CC2)cc1.Cc1ccccc1. The van der Waals surface area contributed by atoms with E-state index in [2.05, 4.69) is 29.5 Å². The molecule has 2 heterocycles. The minimum Gasteiger partial charge on any atom is -0.507 e. The second-order valence-electron chi connectivity index (χ2n) is 11.5. The third kappa shape index (κ3) is 7.93. The molecule has 0 atom stereocenters. The maximum Gasteiger partial charge on any atom is 0.337 e. The zero-order chi connectivity index (χ0) is 34.2. The van der Waals surface area contributed by atoms with Crippen LogP contribution in [-0.4, -0.2) is 57.8 Å². The number of ether oxygens (including phenoxy) is 1. The van der Waals surface area contributed by atoms with Crippen LogP contribution in [0.3, 0.4) is 0 Å². The number of phenols is 1. The fraction of sp³-hybridized carbons (Fsp3) is 0.211. The molecule has 1 aliphatic heterocycles. The number of likely N-dealkylation sites (tertiary alicyclic amines) is 1. The van der Waals surface area contributed by atoms with Crippen molar-refractivity contribution in [3.05, 3.63) is 136 Å². The van der Waals surface area contributed by atoms with E-state index in [0.717, 1.165) is 18.4 Å². The third-order valence-electron chi connectivity index (χ3n) is 8.32. The van der Waals surface area contributed by atoms with E-state index in [-0.39, 0.29) is 29.1 Å². The van der Waals surface area contributed by atoms with Gasteiger partial charge in [-0.3, -0.25) is 14.3 Å². The first-order valence-corrected chi connectivity index (χ1v) is 15.9. The Bertz CT molecular complexity index is 1900. The van der Waals surface area contributed by atoms with E-state index in [9.17, 15) is 19.5 Å². The first-order chi connectivity index (χ1) is 23.2. The number of nitrogens with zero attached hydrogens (tertiary/aromatic N) is 3. The maximum absolute atomic E-state index is 13.4. The summed E-state index contributed by atoms with van der Waals surface area (Å²) in [6, 6.07) is 29.2. The van der Waals surface area contributed by atoms with Crippen molar-refractivity contribution in [2.75, 3.05) is 25.5 Å². The van der Waals surface area contributed by atoms with Crippen LogP contribution in [0.2, 0.25) is 5.02 Å². The van der Waals surface area contributed by atoms with E-state index >= 15 is 0 Å². The van der Waals surface area contributed by atoms with Crippen LogP contribution in [0.25, 0.3) is 11.3 Å². The van der Waals surface area contributed by atoms with Crippen LogP contribution >= 0.6 is 11.6 Å². The number of aromatic hydroxyl groups is 1. The molecule has 5 aromatic rings. The van der Waals surface area contributed by atoms with Crippen LogP contribution in [0.15, 0.2) is 103 Å². The largest absolute Gasteiger partial charge is 0.507 e. The molecule has 10 heteroatoms. The second-order valence-corrected chi connectivity index (χ2v) is 11.9. The Morgan fingerprint density at radius 1 is 0.896 bits per heavy atom. The van der Waals surface area contributed by atoms with Gasteiger partial charge in [-0.2, -0.15) is 5.10 Å². The summed E-state index contributed by atoms with van der Waals surface area (Å²) in [6.07, 6.45) is 2.98. The van der Waals surface area contributed by atoms with Crippen LogP contribution in [0.4, 0.5) is 5.69 Å². The molecule has 0 spiro atoms. The molecule has 2 N–H and O–H groups in total. The van der Waals surface area contributed by atoms with Gasteiger partial charge in [0.05, 0.1) is 40.7 Å². The molecular formula is C38H37ClN4O5. The minimum absolute atomic E-state index is 0.0338. The van der Waals surface area contributed by atoms with Gasteiger partial charge in [-0.25, -0.2) is 4.79 Å². The molecule has 0 bridgehead atoms. The maximum atomic E-state index is 13.4. The molecule has 0 aliphatic carbocycles. The first kappa shape index (κ1) is 33.9. The Labute approximate surface area is 284 Å². The number of nitrogens with one attached hydrogen (secondary N) is 1. The van der Waals surface area contributed by atoms with Gasteiger partial charge in [0.15, 0.2) is 0 Å². The Balaban J connectivity index is 0.000000572. The van der Waals surface area contributed by atoms with Gasteiger partial charge in [-0.15, -0.1) is 0 Å². The van der Waals surface area contributed by atoms with Crippen LogP contribution < -0.4 is 5.32 Å². The van der Waals surface area contributed by atoms with Gasteiger partial charge in [0.25, 0.3) is 11.8 Å². The minimum atomic E-state index is -0.434. The number of carbonyl (C=O) groups is 3. The van der Waals surface area contributed by atoms with Crippen molar-refractivity contribution in [3.63, 3.8) is 0 Å². The van der Waals surface area contributed by atoms with Crippen LogP contribution in [0, 0.1) is 6.92 Å². The topological polar surface area (TPSA) is 114 Å². The molecule has 0 saturated carbocycles. The normalized spacial score (nSPS) is 12.9. The summed E-state index contributed by atoms with van der Waals surface area (Å²) in [5.41, 5.74) is 4.88. The lowest BCUT2D eigenvalue weighted by atomic mass is 9.88. The number of rotatable bonds is 6. The number of halogens is 1. The molecule has 1 saturated heterocycles. The fourth-order valence-corrected chi connectivity index (χ4v) is 5.89. The molecule has 1 aromatic heterocycles.